The Morgan fingerprint density at radius 3 is 2.20 bits per heavy atom. The maximum absolute atomic E-state index is 12.2. The van der Waals surface area contributed by atoms with Crippen molar-refractivity contribution in [3.05, 3.63) is 29.8 Å². The van der Waals surface area contributed by atoms with Gasteiger partial charge in [-0.2, -0.15) is 5.10 Å². The predicted octanol–water partition coefficient (Wildman–Crippen LogP) is 4.36. The summed E-state index contributed by atoms with van der Waals surface area (Å²) in [6, 6.07) is 6.92. The number of rotatable bonds is 4. The Morgan fingerprint density at radius 1 is 1.04 bits per heavy atom. The van der Waals surface area contributed by atoms with E-state index >= 15 is 0 Å². The quantitative estimate of drug-likeness (QED) is 0.630. The van der Waals surface area contributed by atoms with Gasteiger partial charge >= 0.3 is 0 Å². The third-order valence-electron chi connectivity index (χ3n) is 4.80. The Balaban J connectivity index is 1.92. The molecule has 25 heavy (non-hydrogen) atoms. The minimum Gasteiger partial charge on any atom is -0.326 e. The van der Waals surface area contributed by atoms with E-state index in [1.807, 2.05) is 27.7 Å². The molecular formula is C20H29N3O2. The van der Waals surface area contributed by atoms with E-state index < -0.39 is 0 Å². The molecule has 0 atom stereocenters. The second-order valence-corrected chi connectivity index (χ2v) is 7.79. The second kappa shape index (κ2) is 8.28. The van der Waals surface area contributed by atoms with Crippen molar-refractivity contribution in [2.75, 3.05) is 5.32 Å². The minimum atomic E-state index is -0.256. The van der Waals surface area contributed by atoms with Crippen molar-refractivity contribution in [3.63, 3.8) is 0 Å². The fourth-order valence-corrected chi connectivity index (χ4v) is 2.68. The van der Waals surface area contributed by atoms with Gasteiger partial charge in [0.25, 0.3) is 5.91 Å². The molecule has 1 saturated carbocycles. The van der Waals surface area contributed by atoms with Gasteiger partial charge in [-0.05, 0) is 44.0 Å². The Labute approximate surface area is 150 Å². The van der Waals surface area contributed by atoms with Crippen LogP contribution in [-0.4, -0.2) is 17.5 Å². The molecule has 0 aliphatic heterocycles. The van der Waals surface area contributed by atoms with Gasteiger partial charge in [0.15, 0.2) is 0 Å². The molecule has 1 aliphatic carbocycles. The van der Waals surface area contributed by atoms with Gasteiger partial charge < -0.3 is 5.32 Å². The molecule has 0 radical (unpaired) electrons. The van der Waals surface area contributed by atoms with Gasteiger partial charge in [0.2, 0.25) is 5.91 Å². The highest BCUT2D eigenvalue weighted by Gasteiger charge is 2.21. The van der Waals surface area contributed by atoms with Gasteiger partial charge in [0.05, 0.1) is 0 Å². The van der Waals surface area contributed by atoms with Crippen molar-refractivity contribution in [3.8, 4) is 0 Å². The smallest absolute Gasteiger partial charge is 0.271 e. The summed E-state index contributed by atoms with van der Waals surface area (Å²) in [5, 5.41) is 7.10. The standard InChI is InChI=1S/C20H29N3O2/c1-14(20(2,3)4)22-23-19(25)16-10-12-17(13-11-16)21-18(24)15-8-6-5-7-9-15/h10-13,15H,5-9H2,1-4H3,(H,21,24)(H,23,25). The van der Waals surface area contributed by atoms with E-state index in [0.29, 0.717) is 5.56 Å². The highest BCUT2D eigenvalue weighted by molar-refractivity contribution is 5.97. The minimum absolute atomic E-state index is 0.0828. The van der Waals surface area contributed by atoms with Crippen LogP contribution >= 0.6 is 0 Å². The fourth-order valence-electron chi connectivity index (χ4n) is 2.68. The number of amides is 2. The van der Waals surface area contributed by atoms with Crippen LogP contribution in [0.2, 0.25) is 0 Å². The molecule has 0 unspecified atom stereocenters. The highest BCUT2D eigenvalue weighted by atomic mass is 16.2. The van der Waals surface area contributed by atoms with Crippen LogP contribution in [0.15, 0.2) is 29.4 Å². The molecule has 0 bridgehead atoms. The van der Waals surface area contributed by atoms with Crippen LogP contribution in [0.5, 0.6) is 0 Å². The largest absolute Gasteiger partial charge is 0.326 e. The number of carbonyl (C=O) groups excluding carboxylic acids is 2. The van der Waals surface area contributed by atoms with E-state index in [-0.39, 0.29) is 23.1 Å². The zero-order valence-corrected chi connectivity index (χ0v) is 15.7. The normalized spacial score (nSPS) is 16.4. The van der Waals surface area contributed by atoms with Crippen molar-refractivity contribution in [1.82, 2.24) is 5.43 Å². The van der Waals surface area contributed by atoms with Gasteiger partial charge in [-0.25, -0.2) is 5.43 Å². The van der Waals surface area contributed by atoms with Crippen LogP contribution < -0.4 is 10.7 Å². The second-order valence-electron chi connectivity index (χ2n) is 7.79. The SMILES string of the molecule is CC(=NNC(=O)c1ccc(NC(=O)C2CCCCC2)cc1)C(C)(C)C. The number of hydrogen-bond acceptors (Lipinski definition) is 3. The van der Waals surface area contributed by atoms with E-state index in [1.165, 1.54) is 6.42 Å². The first-order valence-electron chi connectivity index (χ1n) is 9.03. The summed E-state index contributed by atoms with van der Waals surface area (Å²) >= 11 is 0. The third kappa shape index (κ3) is 5.69. The predicted molar refractivity (Wildman–Crippen MR) is 102 cm³/mol. The summed E-state index contributed by atoms with van der Waals surface area (Å²) in [5.41, 5.74) is 4.59. The summed E-state index contributed by atoms with van der Waals surface area (Å²) in [6.45, 7) is 8.02. The molecule has 1 aliphatic rings. The lowest BCUT2D eigenvalue weighted by atomic mass is 9.88. The van der Waals surface area contributed by atoms with Crippen LogP contribution in [0, 0.1) is 11.3 Å². The first kappa shape index (κ1) is 19.2. The van der Waals surface area contributed by atoms with Crippen molar-refractivity contribution in [2.45, 2.75) is 59.8 Å². The Kier molecular flexibility index (Phi) is 6.34. The lowest BCUT2D eigenvalue weighted by Gasteiger charge is -2.20. The van der Waals surface area contributed by atoms with Crippen molar-refractivity contribution in [1.29, 1.82) is 0 Å². The van der Waals surface area contributed by atoms with Crippen LogP contribution in [0.25, 0.3) is 0 Å². The number of carbonyl (C=O) groups is 2. The van der Waals surface area contributed by atoms with E-state index in [2.05, 4.69) is 15.8 Å². The van der Waals surface area contributed by atoms with E-state index in [0.717, 1.165) is 37.1 Å². The molecule has 0 aromatic heterocycles. The highest BCUT2D eigenvalue weighted by Crippen LogP contribution is 2.25. The molecule has 5 nitrogen and oxygen atoms in total. The van der Waals surface area contributed by atoms with Gasteiger partial charge in [-0.15, -0.1) is 0 Å². The van der Waals surface area contributed by atoms with Crippen LogP contribution in [0.3, 0.4) is 0 Å². The first-order chi connectivity index (χ1) is 11.8. The van der Waals surface area contributed by atoms with Crippen LogP contribution in [-0.2, 0) is 4.79 Å². The monoisotopic (exact) mass is 343 g/mol. The van der Waals surface area contributed by atoms with Crippen LogP contribution in [0.1, 0.15) is 70.2 Å². The molecule has 136 valence electrons. The zero-order valence-electron chi connectivity index (χ0n) is 15.7. The molecule has 2 N–H and O–H groups in total. The first-order valence-corrected chi connectivity index (χ1v) is 9.03. The van der Waals surface area contributed by atoms with Crippen molar-refractivity contribution < 1.29 is 9.59 Å². The molecule has 2 amide bonds. The third-order valence-corrected chi connectivity index (χ3v) is 4.80. The van der Waals surface area contributed by atoms with Gasteiger partial charge in [0.1, 0.15) is 0 Å². The molecular weight excluding hydrogens is 314 g/mol. The van der Waals surface area contributed by atoms with E-state index in [1.54, 1.807) is 24.3 Å². The summed E-state index contributed by atoms with van der Waals surface area (Å²) in [7, 11) is 0. The average Bonchev–Trinajstić information content (AvgIpc) is 2.60. The molecule has 0 saturated heterocycles. The Hall–Kier alpha value is -2.17. The molecule has 0 heterocycles. The molecule has 0 spiro atoms. The van der Waals surface area contributed by atoms with E-state index in [9.17, 15) is 9.59 Å². The maximum atomic E-state index is 12.2. The molecule has 1 fully saturated rings. The van der Waals surface area contributed by atoms with Crippen molar-refractivity contribution >= 4 is 23.2 Å². The maximum Gasteiger partial charge on any atom is 0.271 e. The van der Waals surface area contributed by atoms with E-state index in [4.69, 9.17) is 0 Å². The summed E-state index contributed by atoms with van der Waals surface area (Å²) in [6.07, 6.45) is 5.43. The van der Waals surface area contributed by atoms with Gasteiger partial charge in [-0.1, -0.05) is 40.0 Å². The number of nitrogens with zero attached hydrogens (tertiary/aromatic N) is 1. The van der Waals surface area contributed by atoms with Crippen molar-refractivity contribution in [2.24, 2.45) is 16.4 Å². The Bertz CT molecular complexity index is 636. The summed E-state index contributed by atoms with van der Waals surface area (Å²) in [4.78, 5) is 24.4. The summed E-state index contributed by atoms with van der Waals surface area (Å²) < 4.78 is 0. The number of hydrogen-bond donors (Lipinski definition) is 2. The number of anilines is 1. The molecule has 1 aromatic rings. The number of nitrogens with one attached hydrogen (secondary N) is 2. The number of benzene rings is 1. The lowest BCUT2D eigenvalue weighted by Crippen LogP contribution is -2.25. The fraction of sp³-hybridized carbons (Fsp3) is 0.550. The average molecular weight is 343 g/mol. The van der Waals surface area contributed by atoms with Gasteiger partial charge in [0, 0.05) is 28.3 Å². The lowest BCUT2D eigenvalue weighted by molar-refractivity contribution is -0.120. The topological polar surface area (TPSA) is 70.6 Å². The zero-order chi connectivity index (χ0) is 18.4. The molecule has 2 rings (SSSR count). The molecule has 5 heteroatoms. The van der Waals surface area contributed by atoms with Crippen LogP contribution in [0.4, 0.5) is 5.69 Å². The molecule has 1 aromatic carbocycles. The number of hydrazone groups is 1. The Morgan fingerprint density at radius 2 is 1.64 bits per heavy atom. The summed E-state index contributed by atoms with van der Waals surface area (Å²) in [5.74, 6) is -0.0532. The van der Waals surface area contributed by atoms with Gasteiger partial charge in [-0.3, -0.25) is 9.59 Å².